The lowest BCUT2D eigenvalue weighted by molar-refractivity contribution is -0.143. The number of H-pyrrole nitrogens is 1. The van der Waals surface area contributed by atoms with Crippen LogP contribution < -0.4 is 0 Å². The molecule has 4 nitrogen and oxygen atoms in total. The summed E-state index contributed by atoms with van der Waals surface area (Å²) >= 11 is 0. The minimum Gasteiger partial charge on any atom is -0.469 e. The van der Waals surface area contributed by atoms with E-state index in [-0.39, 0.29) is 0 Å². The molecule has 0 saturated carbocycles. The molecule has 2 aliphatic rings. The number of esters is 1. The van der Waals surface area contributed by atoms with Crippen LogP contribution in [0, 0.1) is 5.92 Å². The number of hydrogen-bond acceptors (Lipinski definition) is 3. The lowest BCUT2D eigenvalue weighted by atomic mass is 9.86. The SMILES string of the molecule is [2H][C@@]1(C(=O)OC)C[C@@H]2CCCN(CCc3c1[nH]c1ccccc31)C2. The summed E-state index contributed by atoms with van der Waals surface area (Å²) in [4.78, 5) is 18.5. The first kappa shape index (κ1) is 13.6. The number of fused-ring (bicyclic) bond motifs is 5. The highest BCUT2D eigenvalue weighted by molar-refractivity contribution is 5.88. The summed E-state index contributed by atoms with van der Waals surface area (Å²) in [6.45, 7) is 3.10. The van der Waals surface area contributed by atoms with Gasteiger partial charge in [0, 0.05) is 31.1 Å². The van der Waals surface area contributed by atoms with E-state index in [1.54, 1.807) is 0 Å². The van der Waals surface area contributed by atoms with Crippen LogP contribution in [-0.4, -0.2) is 42.6 Å². The van der Waals surface area contributed by atoms with Gasteiger partial charge in [-0.15, -0.1) is 0 Å². The first-order chi connectivity index (χ1) is 11.6. The zero-order valence-electron chi connectivity index (χ0n) is 14.6. The van der Waals surface area contributed by atoms with Gasteiger partial charge in [-0.2, -0.15) is 0 Å². The van der Waals surface area contributed by atoms with E-state index in [1.807, 2.05) is 18.2 Å². The molecule has 0 radical (unpaired) electrons. The number of benzene rings is 1. The van der Waals surface area contributed by atoms with Gasteiger partial charge in [-0.25, -0.2) is 0 Å². The van der Waals surface area contributed by atoms with E-state index in [1.165, 1.54) is 7.11 Å². The number of carbonyl (C=O) groups is 1. The second kappa shape index (κ2) is 6.00. The molecule has 4 heteroatoms. The fraction of sp³-hybridized carbons (Fsp3) is 0.526. The highest BCUT2D eigenvalue weighted by atomic mass is 16.5. The molecule has 122 valence electrons. The maximum absolute atomic E-state index is 12.6. The minimum absolute atomic E-state index is 0.368. The second-order valence-electron chi connectivity index (χ2n) is 6.76. The summed E-state index contributed by atoms with van der Waals surface area (Å²) < 4.78 is 14.1. The number of aromatic amines is 1. The van der Waals surface area contributed by atoms with E-state index in [2.05, 4.69) is 16.0 Å². The molecule has 1 aromatic heterocycles. The third kappa shape index (κ3) is 2.65. The first-order valence-corrected chi connectivity index (χ1v) is 8.52. The Hall–Kier alpha value is -1.81. The summed E-state index contributed by atoms with van der Waals surface area (Å²) in [6.07, 6.45) is 3.62. The number of nitrogens with one attached hydrogen (secondary N) is 1. The molecule has 1 saturated heterocycles. The van der Waals surface area contributed by atoms with Crippen LogP contribution in [0.25, 0.3) is 10.9 Å². The summed E-state index contributed by atoms with van der Waals surface area (Å²) in [7, 11) is 1.39. The van der Waals surface area contributed by atoms with Crippen molar-refractivity contribution >= 4 is 16.9 Å². The quantitative estimate of drug-likeness (QED) is 0.823. The number of nitrogens with zero attached hydrogens (tertiary/aromatic N) is 1. The van der Waals surface area contributed by atoms with Gasteiger partial charge in [0.05, 0.1) is 13.0 Å². The van der Waals surface area contributed by atoms with Gasteiger partial charge in [-0.1, -0.05) is 18.2 Å². The van der Waals surface area contributed by atoms with E-state index in [0.29, 0.717) is 12.3 Å². The Morgan fingerprint density at radius 3 is 3.13 bits per heavy atom. The van der Waals surface area contributed by atoms with Crippen molar-refractivity contribution in [3.8, 4) is 0 Å². The molecular weight excluding hydrogens is 288 g/mol. The molecule has 2 aromatic rings. The van der Waals surface area contributed by atoms with Gasteiger partial charge in [0.1, 0.15) is 0 Å². The molecular formula is C19H24N2O2. The molecule has 3 atom stereocenters. The van der Waals surface area contributed by atoms with Gasteiger partial charge in [-0.05, 0) is 49.8 Å². The number of carbonyl (C=O) groups excluding carboxylic acids is 1. The number of rotatable bonds is 1. The van der Waals surface area contributed by atoms with Crippen molar-refractivity contribution in [2.24, 2.45) is 5.92 Å². The van der Waals surface area contributed by atoms with E-state index in [4.69, 9.17) is 6.11 Å². The number of hydrogen-bond donors (Lipinski definition) is 1. The van der Waals surface area contributed by atoms with Crippen LogP contribution in [0.3, 0.4) is 0 Å². The molecule has 1 aromatic carbocycles. The fourth-order valence-electron chi connectivity index (χ4n) is 4.21. The number of ether oxygens (including phenoxy) is 1. The number of para-hydroxylation sites is 1. The summed E-state index contributed by atoms with van der Waals surface area (Å²) in [6, 6.07) is 8.11. The largest absolute Gasteiger partial charge is 0.469 e. The molecule has 1 fully saturated rings. The Morgan fingerprint density at radius 1 is 1.39 bits per heavy atom. The van der Waals surface area contributed by atoms with Crippen molar-refractivity contribution < 1.29 is 10.9 Å². The van der Waals surface area contributed by atoms with Crippen molar-refractivity contribution in [3.63, 3.8) is 0 Å². The summed E-state index contributed by atoms with van der Waals surface area (Å²) in [5, 5.41) is 1.13. The van der Waals surface area contributed by atoms with Gasteiger partial charge in [0.2, 0.25) is 0 Å². The van der Waals surface area contributed by atoms with Crippen LogP contribution >= 0.6 is 0 Å². The van der Waals surface area contributed by atoms with Crippen LogP contribution in [0.1, 0.15) is 37.8 Å². The number of piperidine rings is 1. The van der Waals surface area contributed by atoms with Gasteiger partial charge in [-0.3, -0.25) is 4.79 Å². The molecule has 3 heterocycles. The van der Waals surface area contributed by atoms with Crippen molar-refractivity contribution in [2.45, 2.75) is 31.6 Å². The fourth-order valence-corrected chi connectivity index (χ4v) is 4.21. The van der Waals surface area contributed by atoms with Crippen LogP contribution in [0.15, 0.2) is 24.3 Å². The maximum atomic E-state index is 12.6. The molecule has 1 unspecified atom stereocenters. The molecule has 0 aliphatic carbocycles. The summed E-state index contributed by atoms with van der Waals surface area (Å²) in [5.74, 6) is -1.43. The molecule has 4 rings (SSSR count). The normalized spacial score (nSPS) is 31.4. The van der Waals surface area contributed by atoms with E-state index >= 15 is 0 Å². The predicted molar refractivity (Wildman–Crippen MR) is 90.5 cm³/mol. The number of methoxy groups -OCH3 is 1. The van der Waals surface area contributed by atoms with E-state index in [0.717, 1.165) is 61.1 Å². The van der Waals surface area contributed by atoms with Gasteiger partial charge in [0.25, 0.3) is 0 Å². The average Bonchev–Trinajstić information content (AvgIpc) is 2.99. The Kier molecular flexibility index (Phi) is 3.55. The van der Waals surface area contributed by atoms with Crippen LogP contribution in [0.5, 0.6) is 0 Å². The Bertz CT molecular complexity index is 772. The van der Waals surface area contributed by atoms with E-state index < -0.39 is 11.9 Å². The predicted octanol–water partition coefficient (Wildman–Crippen LogP) is 3.08. The second-order valence-corrected chi connectivity index (χ2v) is 6.76. The third-order valence-electron chi connectivity index (χ3n) is 5.32. The zero-order chi connectivity index (χ0) is 16.7. The average molecular weight is 313 g/mol. The molecule has 0 amide bonds. The van der Waals surface area contributed by atoms with Crippen molar-refractivity contribution in [3.05, 3.63) is 35.5 Å². The van der Waals surface area contributed by atoms with Crippen LogP contribution in [-0.2, 0) is 16.0 Å². The first-order valence-electron chi connectivity index (χ1n) is 9.02. The van der Waals surface area contributed by atoms with E-state index in [9.17, 15) is 4.79 Å². The molecule has 0 spiro atoms. The standard InChI is InChI=1S/C19H24N2O2/c1-23-19(22)16-11-13-5-4-9-21(12-13)10-8-15-14-6-2-3-7-17(14)20-18(15)16/h2-3,6-7,13,16,20H,4-5,8-12H2,1H3/t13-,16+/m0/s1/i16D. The topological polar surface area (TPSA) is 45.3 Å². The van der Waals surface area contributed by atoms with Crippen LogP contribution in [0.2, 0.25) is 0 Å². The Labute approximate surface area is 138 Å². The smallest absolute Gasteiger partial charge is 0.314 e. The minimum atomic E-state index is -1.35. The third-order valence-corrected chi connectivity index (χ3v) is 5.32. The Morgan fingerprint density at radius 2 is 2.26 bits per heavy atom. The van der Waals surface area contributed by atoms with Crippen molar-refractivity contribution in [1.82, 2.24) is 9.88 Å². The lowest BCUT2D eigenvalue weighted by Gasteiger charge is -2.32. The molecule has 23 heavy (non-hydrogen) atoms. The molecule has 1 N–H and O–H groups in total. The van der Waals surface area contributed by atoms with Gasteiger partial charge < -0.3 is 14.6 Å². The van der Waals surface area contributed by atoms with Crippen LogP contribution in [0.4, 0.5) is 0 Å². The molecule has 2 aliphatic heterocycles. The zero-order valence-corrected chi connectivity index (χ0v) is 13.6. The number of aromatic nitrogens is 1. The maximum Gasteiger partial charge on any atom is 0.314 e. The lowest BCUT2D eigenvalue weighted by Crippen LogP contribution is -2.36. The Balaban J connectivity index is 1.90. The molecule has 2 bridgehead atoms. The van der Waals surface area contributed by atoms with Gasteiger partial charge >= 0.3 is 5.97 Å². The highest BCUT2D eigenvalue weighted by Crippen LogP contribution is 2.36. The monoisotopic (exact) mass is 313 g/mol. The van der Waals surface area contributed by atoms with Gasteiger partial charge in [0.15, 0.2) is 0 Å². The van der Waals surface area contributed by atoms with Crippen molar-refractivity contribution in [2.75, 3.05) is 26.7 Å². The summed E-state index contributed by atoms with van der Waals surface area (Å²) in [5.41, 5.74) is 2.85. The van der Waals surface area contributed by atoms with Crippen molar-refractivity contribution in [1.29, 1.82) is 0 Å². The highest BCUT2D eigenvalue weighted by Gasteiger charge is 2.33.